The van der Waals surface area contributed by atoms with Gasteiger partial charge in [0.2, 0.25) is 0 Å². The van der Waals surface area contributed by atoms with Crippen LogP contribution in [0.5, 0.6) is 5.75 Å². The molecular weight excluding hydrogens is 645 g/mol. The third-order valence-corrected chi connectivity index (χ3v) is 6.33. The quantitative estimate of drug-likeness (QED) is 0.241. The Kier molecular flexibility index (Phi) is 7.85. The molecule has 2 aromatic rings. The Hall–Kier alpha value is -0.300. The van der Waals surface area contributed by atoms with Crippen LogP contribution in [0, 0.1) is 10.7 Å². The first kappa shape index (κ1) is 20.0. The minimum absolute atomic E-state index is 0.350. The van der Waals surface area contributed by atoms with Crippen LogP contribution in [0.1, 0.15) is 24.2 Å². The molecule has 2 N–H and O–H groups in total. The standard InChI is InChI=1S/C17H17I3N2O2/c1-3-21-14-11(18)15(22-4-2)13(20)16(12(14)19)24-17(23)10-8-6-5-7-9-10/h5-9,21-22H,3-4H2,1-2H3. The Labute approximate surface area is 182 Å². The first-order valence-electron chi connectivity index (χ1n) is 7.46. The summed E-state index contributed by atoms with van der Waals surface area (Å²) in [6, 6.07) is 9.04. The second-order valence-electron chi connectivity index (χ2n) is 4.84. The van der Waals surface area contributed by atoms with E-state index in [0.29, 0.717) is 11.3 Å². The van der Waals surface area contributed by atoms with Gasteiger partial charge in [0, 0.05) is 13.1 Å². The van der Waals surface area contributed by atoms with Gasteiger partial charge in [0.25, 0.3) is 0 Å². The van der Waals surface area contributed by atoms with Crippen LogP contribution in [-0.4, -0.2) is 19.1 Å². The van der Waals surface area contributed by atoms with Gasteiger partial charge < -0.3 is 15.4 Å². The molecule has 0 saturated carbocycles. The van der Waals surface area contributed by atoms with Gasteiger partial charge in [0.05, 0.1) is 27.6 Å². The van der Waals surface area contributed by atoms with Gasteiger partial charge in [0.1, 0.15) is 0 Å². The summed E-state index contributed by atoms with van der Waals surface area (Å²) in [5.74, 6) is 0.245. The van der Waals surface area contributed by atoms with Gasteiger partial charge in [-0.2, -0.15) is 0 Å². The molecule has 0 aliphatic heterocycles. The van der Waals surface area contributed by atoms with Crippen molar-refractivity contribution in [3.63, 3.8) is 0 Å². The van der Waals surface area contributed by atoms with Crippen molar-refractivity contribution in [2.24, 2.45) is 0 Å². The van der Waals surface area contributed by atoms with Crippen molar-refractivity contribution >= 4 is 85.1 Å². The number of ether oxygens (including phenoxy) is 1. The molecule has 0 aliphatic rings. The monoisotopic (exact) mass is 662 g/mol. The molecule has 0 atom stereocenters. The first-order valence-corrected chi connectivity index (χ1v) is 10.7. The zero-order valence-electron chi connectivity index (χ0n) is 13.3. The predicted molar refractivity (Wildman–Crippen MR) is 124 cm³/mol. The molecular formula is C17H17I3N2O2. The second-order valence-corrected chi connectivity index (χ2v) is 8.07. The first-order chi connectivity index (χ1) is 11.5. The summed E-state index contributed by atoms with van der Waals surface area (Å²) < 4.78 is 8.68. The zero-order valence-corrected chi connectivity index (χ0v) is 19.7. The number of carbonyl (C=O) groups is 1. The van der Waals surface area contributed by atoms with E-state index in [9.17, 15) is 4.79 Å². The number of rotatable bonds is 6. The molecule has 0 aliphatic carbocycles. The maximum Gasteiger partial charge on any atom is 0.343 e. The normalized spacial score (nSPS) is 10.4. The fraction of sp³-hybridized carbons (Fsp3) is 0.235. The lowest BCUT2D eigenvalue weighted by atomic mass is 10.2. The van der Waals surface area contributed by atoms with E-state index < -0.39 is 0 Å². The Morgan fingerprint density at radius 1 is 0.917 bits per heavy atom. The largest absolute Gasteiger partial charge is 0.420 e. The molecule has 0 radical (unpaired) electrons. The molecule has 0 saturated heterocycles. The average molecular weight is 662 g/mol. The number of hydrogen-bond donors (Lipinski definition) is 2. The van der Waals surface area contributed by atoms with Gasteiger partial charge >= 0.3 is 5.97 Å². The zero-order chi connectivity index (χ0) is 17.7. The summed E-state index contributed by atoms with van der Waals surface area (Å²) in [5, 5.41) is 6.75. The molecule has 0 amide bonds. The molecule has 7 heteroatoms. The molecule has 4 nitrogen and oxygen atoms in total. The van der Waals surface area contributed by atoms with Crippen LogP contribution in [0.25, 0.3) is 0 Å². The number of anilines is 2. The van der Waals surface area contributed by atoms with Gasteiger partial charge in [0.15, 0.2) is 5.75 Å². The van der Waals surface area contributed by atoms with Crippen molar-refractivity contribution in [1.29, 1.82) is 0 Å². The van der Waals surface area contributed by atoms with Crippen molar-refractivity contribution in [2.75, 3.05) is 23.7 Å². The van der Waals surface area contributed by atoms with Gasteiger partial charge in [-0.15, -0.1) is 0 Å². The van der Waals surface area contributed by atoms with Crippen LogP contribution in [0.2, 0.25) is 0 Å². The van der Waals surface area contributed by atoms with Crippen molar-refractivity contribution in [2.45, 2.75) is 13.8 Å². The Balaban J connectivity index is 2.50. The lowest BCUT2D eigenvalue weighted by molar-refractivity contribution is 0.0732. The maximum atomic E-state index is 12.5. The number of nitrogens with one attached hydrogen (secondary N) is 2. The number of esters is 1. The van der Waals surface area contributed by atoms with Gasteiger partial charge in [-0.05, 0) is 93.8 Å². The van der Waals surface area contributed by atoms with Crippen LogP contribution < -0.4 is 15.4 Å². The Bertz CT molecular complexity index is 703. The SMILES string of the molecule is CCNc1c(I)c(NCC)c(I)c(OC(=O)c2ccccc2)c1I. The second kappa shape index (κ2) is 9.41. The van der Waals surface area contributed by atoms with Crippen molar-refractivity contribution < 1.29 is 9.53 Å². The fourth-order valence-corrected chi connectivity index (χ4v) is 6.27. The van der Waals surface area contributed by atoms with Crippen LogP contribution in [-0.2, 0) is 0 Å². The van der Waals surface area contributed by atoms with Gasteiger partial charge in [-0.25, -0.2) is 4.79 Å². The van der Waals surface area contributed by atoms with Crippen molar-refractivity contribution in [3.8, 4) is 5.75 Å². The highest BCUT2D eigenvalue weighted by Gasteiger charge is 2.23. The highest BCUT2D eigenvalue weighted by atomic mass is 127. The third kappa shape index (κ3) is 4.45. The molecule has 0 fully saturated rings. The molecule has 2 rings (SSSR count). The highest BCUT2D eigenvalue weighted by molar-refractivity contribution is 14.1. The van der Waals surface area contributed by atoms with Crippen LogP contribution >= 0.6 is 67.8 Å². The number of hydrogen-bond acceptors (Lipinski definition) is 4. The van der Waals surface area contributed by atoms with Gasteiger partial charge in [-0.3, -0.25) is 0 Å². The minimum atomic E-state index is -0.350. The predicted octanol–water partition coefficient (Wildman–Crippen LogP) is 5.58. The van der Waals surface area contributed by atoms with E-state index in [4.69, 9.17) is 4.74 Å². The summed E-state index contributed by atoms with van der Waals surface area (Å²) in [5.41, 5.74) is 2.52. The number of carbonyl (C=O) groups excluding carboxylic acids is 1. The minimum Gasteiger partial charge on any atom is -0.420 e. The lowest BCUT2D eigenvalue weighted by Crippen LogP contribution is -2.14. The average Bonchev–Trinajstić information content (AvgIpc) is 2.60. The van der Waals surface area contributed by atoms with Crippen molar-refractivity contribution in [1.82, 2.24) is 0 Å². The molecule has 0 unspecified atom stereocenters. The summed E-state index contributed by atoms with van der Waals surface area (Å²) in [6.45, 7) is 5.69. The lowest BCUT2D eigenvalue weighted by Gasteiger charge is -2.20. The van der Waals surface area contributed by atoms with E-state index in [1.54, 1.807) is 12.1 Å². The Morgan fingerprint density at radius 2 is 1.42 bits per heavy atom. The third-order valence-electron chi connectivity index (χ3n) is 3.19. The molecule has 0 aromatic heterocycles. The molecule has 24 heavy (non-hydrogen) atoms. The topological polar surface area (TPSA) is 50.4 Å². The number of halogens is 3. The molecule has 0 heterocycles. The molecule has 0 spiro atoms. The van der Waals surface area contributed by atoms with E-state index in [1.807, 2.05) is 32.0 Å². The highest BCUT2D eigenvalue weighted by Crippen LogP contribution is 2.43. The molecule has 128 valence electrons. The maximum absolute atomic E-state index is 12.5. The van der Waals surface area contributed by atoms with Crippen LogP contribution in [0.15, 0.2) is 30.3 Å². The summed E-state index contributed by atoms with van der Waals surface area (Å²) >= 11 is 6.80. The molecule has 2 aromatic carbocycles. The van der Waals surface area contributed by atoms with Crippen molar-refractivity contribution in [3.05, 3.63) is 46.6 Å². The number of benzene rings is 2. The van der Waals surface area contributed by atoms with E-state index in [1.165, 1.54) is 0 Å². The fourth-order valence-electron chi connectivity index (χ4n) is 2.12. The van der Waals surface area contributed by atoms with E-state index >= 15 is 0 Å². The van der Waals surface area contributed by atoms with Crippen LogP contribution in [0.4, 0.5) is 11.4 Å². The van der Waals surface area contributed by atoms with Crippen LogP contribution in [0.3, 0.4) is 0 Å². The summed E-state index contributed by atoms with van der Waals surface area (Å²) in [4.78, 5) is 12.5. The van der Waals surface area contributed by atoms with E-state index in [-0.39, 0.29) is 5.97 Å². The smallest absolute Gasteiger partial charge is 0.343 e. The van der Waals surface area contributed by atoms with Gasteiger partial charge in [-0.1, -0.05) is 18.2 Å². The summed E-state index contributed by atoms with van der Waals surface area (Å²) in [6.07, 6.45) is 0. The van der Waals surface area contributed by atoms with E-state index in [2.05, 4.69) is 78.4 Å². The summed E-state index contributed by atoms with van der Waals surface area (Å²) in [7, 11) is 0. The van der Waals surface area contributed by atoms with E-state index in [0.717, 1.165) is 35.2 Å². The molecule has 0 bridgehead atoms. The Morgan fingerprint density at radius 3 is 1.88 bits per heavy atom.